The number of anilines is 1. The molecular weight excluding hydrogens is 550 g/mol. The fraction of sp³-hybridized carbons (Fsp3) is 0.276. The maximum absolute atomic E-state index is 12.9. The number of amides is 3. The highest BCUT2D eigenvalue weighted by molar-refractivity contribution is 9.10. The number of rotatable bonds is 9. The maximum Gasteiger partial charge on any atom is 0.411 e. The number of hydrogen-bond acceptors (Lipinski definition) is 5. The van der Waals surface area contributed by atoms with E-state index in [9.17, 15) is 14.4 Å². The van der Waals surface area contributed by atoms with Gasteiger partial charge in [0.2, 0.25) is 5.91 Å². The standard InChI is InChI=1S/C29H32BrN3O5/c1-29(2,3)38-28(36)33(18-21-12-14-24(30)15-13-21)19-26(34)32-25-11-7-10-23(16-25)17-31-27(35)37-20-22-8-5-4-6-9-22/h4-16H,17-20H2,1-3H3,(H,31,35)(H,32,34). The molecule has 3 amide bonds. The van der Waals surface area contributed by atoms with Gasteiger partial charge in [0.15, 0.2) is 0 Å². The zero-order chi connectivity index (χ0) is 27.5. The Morgan fingerprint density at radius 2 is 1.55 bits per heavy atom. The van der Waals surface area contributed by atoms with Crippen molar-refractivity contribution in [3.05, 3.63) is 100 Å². The van der Waals surface area contributed by atoms with Crippen molar-refractivity contribution in [1.82, 2.24) is 10.2 Å². The highest BCUT2D eigenvalue weighted by Crippen LogP contribution is 2.16. The predicted octanol–water partition coefficient (Wildman–Crippen LogP) is 6.25. The van der Waals surface area contributed by atoms with E-state index in [4.69, 9.17) is 9.47 Å². The molecule has 0 radical (unpaired) electrons. The molecule has 9 heteroatoms. The Balaban J connectivity index is 1.56. The summed E-state index contributed by atoms with van der Waals surface area (Å²) >= 11 is 3.40. The molecule has 8 nitrogen and oxygen atoms in total. The molecule has 0 atom stereocenters. The minimum Gasteiger partial charge on any atom is -0.445 e. The van der Waals surface area contributed by atoms with Gasteiger partial charge in [0, 0.05) is 23.2 Å². The molecule has 3 rings (SSSR count). The van der Waals surface area contributed by atoms with Gasteiger partial charge in [-0.3, -0.25) is 9.69 Å². The van der Waals surface area contributed by atoms with Gasteiger partial charge >= 0.3 is 12.2 Å². The Bertz CT molecular complexity index is 1230. The lowest BCUT2D eigenvalue weighted by Crippen LogP contribution is -2.41. The third-order valence-corrected chi connectivity index (χ3v) is 5.66. The van der Waals surface area contributed by atoms with Crippen molar-refractivity contribution >= 4 is 39.7 Å². The van der Waals surface area contributed by atoms with Gasteiger partial charge in [0.25, 0.3) is 0 Å². The molecular formula is C29H32BrN3O5. The highest BCUT2D eigenvalue weighted by atomic mass is 79.9. The first-order valence-corrected chi connectivity index (χ1v) is 12.9. The molecule has 0 aliphatic rings. The summed E-state index contributed by atoms with van der Waals surface area (Å²) in [5.41, 5.74) is 2.37. The van der Waals surface area contributed by atoms with E-state index in [-0.39, 0.29) is 32.1 Å². The summed E-state index contributed by atoms with van der Waals surface area (Å²) in [6, 6.07) is 24.0. The Hall–Kier alpha value is -3.85. The molecule has 0 spiro atoms. The molecule has 200 valence electrons. The summed E-state index contributed by atoms with van der Waals surface area (Å²) in [5.74, 6) is -0.375. The van der Waals surface area contributed by atoms with Crippen LogP contribution in [0.3, 0.4) is 0 Å². The number of alkyl carbamates (subject to hydrolysis) is 1. The molecule has 2 N–H and O–H groups in total. The van der Waals surface area contributed by atoms with Gasteiger partial charge in [-0.2, -0.15) is 0 Å². The van der Waals surface area contributed by atoms with E-state index in [1.54, 1.807) is 39.0 Å². The van der Waals surface area contributed by atoms with E-state index >= 15 is 0 Å². The molecule has 0 bridgehead atoms. The third-order valence-electron chi connectivity index (χ3n) is 5.13. The summed E-state index contributed by atoms with van der Waals surface area (Å²) in [6.45, 7) is 5.76. The van der Waals surface area contributed by atoms with Crippen LogP contribution in [0.5, 0.6) is 0 Å². The molecule has 3 aromatic carbocycles. The van der Waals surface area contributed by atoms with E-state index < -0.39 is 17.8 Å². The van der Waals surface area contributed by atoms with Crippen LogP contribution in [0.4, 0.5) is 15.3 Å². The van der Waals surface area contributed by atoms with Crippen molar-refractivity contribution in [1.29, 1.82) is 0 Å². The average Bonchev–Trinajstić information content (AvgIpc) is 2.87. The highest BCUT2D eigenvalue weighted by Gasteiger charge is 2.24. The lowest BCUT2D eigenvalue weighted by Gasteiger charge is -2.27. The first kappa shape index (κ1) is 28.7. The zero-order valence-electron chi connectivity index (χ0n) is 21.7. The molecule has 0 heterocycles. The Kier molecular flexibility index (Phi) is 10.3. The van der Waals surface area contributed by atoms with Gasteiger partial charge in [-0.15, -0.1) is 0 Å². The summed E-state index contributed by atoms with van der Waals surface area (Å²) < 4.78 is 11.7. The van der Waals surface area contributed by atoms with Crippen LogP contribution in [0.1, 0.15) is 37.5 Å². The molecule has 0 aliphatic heterocycles. The van der Waals surface area contributed by atoms with Crippen LogP contribution in [0.15, 0.2) is 83.3 Å². The molecule has 3 aromatic rings. The predicted molar refractivity (Wildman–Crippen MR) is 149 cm³/mol. The molecule has 0 saturated heterocycles. The minimum atomic E-state index is -0.699. The smallest absolute Gasteiger partial charge is 0.411 e. The minimum absolute atomic E-state index is 0.178. The number of carbonyl (C=O) groups is 3. The van der Waals surface area contributed by atoms with Crippen LogP contribution in [0.25, 0.3) is 0 Å². The van der Waals surface area contributed by atoms with Gasteiger partial charge in [-0.1, -0.05) is 70.5 Å². The quantitative estimate of drug-likeness (QED) is 0.311. The van der Waals surface area contributed by atoms with E-state index in [2.05, 4.69) is 26.6 Å². The Morgan fingerprint density at radius 1 is 0.868 bits per heavy atom. The first-order chi connectivity index (χ1) is 18.1. The largest absolute Gasteiger partial charge is 0.445 e. The van der Waals surface area contributed by atoms with Gasteiger partial charge in [-0.25, -0.2) is 9.59 Å². The third kappa shape index (κ3) is 10.3. The van der Waals surface area contributed by atoms with E-state index in [1.807, 2.05) is 60.7 Å². The van der Waals surface area contributed by atoms with Crippen LogP contribution in [-0.4, -0.2) is 35.1 Å². The normalized spacial score (nSPS) is 10.8. The lowest BCUT2D eigenvalue weighted by molar-refractivity contribution is -0.117. The molecule has 0 aromatic heterocycles. The topological polar surface area (TPSA) is 97.0 Å². The zero-order valence-corrected chi connectivity index (χ0v) is 23.3. The number of carbonyl (C=O) groups excluding carboxylic acids is 3. The second kappa shape index (κ2) is 13.6. The molecule has 38 heavy (non-hydrogen) atoms. The van der Waals surface area contributed by atoms with Gasteiger partial charge < -0.3 is 20.1 Å². The van der Waals surface area contributed by atoms with Crippen LogP contribution < -0.4 is 10.6 Å². The molecule has 0 unspecified atom stereocenters. The fourth-order valence-corrected chi connectivity index (χ4v) is 3.67. The van der Waals surface area contributed by atoms with E-state index in [0.29, 0.717) is 5.69 Å². The van der Waals surface area contributed by atoms with Gasteiger partial charge in [0.05, 0.1) is 0 Å². The van der Waals surface area contributed by atoms with E-state index in [0.717, 1.165) is 21.2 Å². The lowest BCUT2D eigenvalue weighted by atomic mass is 10.2. The summed E-state index contributed by atoms with van der Waals surface area (Å²) in [4.78, 5) is 39.1. The fourth-order valence-electron chi connectivity index (χ4n) is 3.40. The van der Waals surface area contributed by atoms with Crippen molar-refractivity contribution in [3.8, 4) is 0 Å². The van der Waals surface area contributed by atoms with Crippen molar-refractivity contribution in [2.45, 2.75) is 46.1 Å². The number of ether oxygens (including phenoxy) is 2. The molecule has 0 fully saturated rings. The SMILES string of the molecule is CC(C)(C)OC(=O)N(CC(=O)Nc1cccc(CNC(=O)OCc2ccccc2)c1)Cc1ccc(Br)cc1. The summed E-state index contributed by atoms with van der Waals surface area (Å²) in [6.07, 6.45) is -1.12. The van der Waals surface area contributed by atoms with Crippen LogP contribution in [0.2, 0.25) is 0 Å². The Labute approximate surface area is 231 Å². The van der Waals surface area contributed by atoms with Crippen LogP contribution >= 0.6 is 15.9 Å². The van der Waals surface area contributed by atoms with Crippen molar-refractivity contribution in [3.63, 3.8) is 0 Å². The number of benzene rings is 3. The monoisotopic (exact) mass is 581 g/mol. The van der Waals surface area contributed by atoms with Gasteiger partial charge in [-0.05, 0) is 61.7 Å². The number of hydrogen-bond donors (Lipinski definition) is 2. The van der Waals surface area contributed by atoms with Crippen LogP contribution in [0, 0.1) is 0 Å². The van der Waals surface area contributed by atoms with Crippen molar-refractivity contribution < 1.29 is 23.9 Å². The summed E-state index contributed by atoms with van der Waals surface area (Å²) in [5, 5.41) is 5.52. The van der Waals surface area contributed by atoms with E-state index in [1.165, 1.54) is 4.90 Å². The molecule has 0 saturated carbocycles. The first-order valence-electron chi connectivity index (χ1n) is 12.1. The summed E-state index contributed by atoms with van der Waals surface area (Å²) in [7, 11) is 0. The van der Waals surface area contributed by atoms with Crippen LogP contribution in [-0.2, 0) is 34.0 Å². The Morgan fingerprint density at radius 3 is 2.24 bits per heavy atom. The van der Waals surface area contributed by atoms with Gasteiger partial charge in [0.1, 0.15) is 18.8 Å². The number of nitrogens with zero attached hydrogens (tertiary/aromatic N) is 1. The number of nitrogens with one attached hydrogen (secondary N) is 2. The number of halogens is 1. The second-order valence-corrected chi connectivity index (χ2v) is 10.5. The average molecular weight is 582 g/mol. The maximum atomic E-state index is 12.9. The van der Waals surface area contributed by atoms with Crippen molar-refractivity contribution in [2.24, 2.45) is 0 Å². The molecule has 0 aliphatic carbocycles. The van der Waals surface area contributed by atoms with Crippen molar-refractivity contribution in [2.75, 3.05) is 11.9 Å². The second-order valence-electron chi connectivity index (χ2n) is 9.63.